The Kier molecular flexibility index (Phi) is 7.44. The molecule has 0 amide bonds. The van der Waals surface area contributed by atoms with E-state index in [0.29, 0.717) is 0 Å². The first-order chi connectivity index (χ1) is 11.4. The van der Waals surface area contributed by atoms with Gasteiger partial charge in [-0.15, -0.1) is 0 Å². The number of hydrogen-bond acceptors (Lipinski definition) is 2. The van der Waals surface area contributed by atoms with E-state index < -0.39 is 0 Å². The number of ether oxygens (including phenoxy) is 1. The molecule has 2 aromatic rings. The van der Waals surface area contributed by atoms with E-state index in [1.54, 1.807) is 6.20 Å². The zero-order chi connectivity index (χ0) is 16.3. The summed E-state index contributed by atoms with van der Waals surface area (Å²) < 4.78 is 8.07. The van der Waals surface area contributed by atoms with Gasteiger partial charge in [0.15, 0.2) is 0 Å². The van der Waals surface area contributed by atoms with Crippen molar-refractivity contribution in [1.82, 2.24) is 9.55 Å². The van der Waals surface area contributed by atoms with Gasteiger partial charge in [0.2, 0.25) is 0 Å². The van der Waals surface area contributed by atoms with Crippen LogP contribution in [0.4, 0.5) is 0 Å². The Hall–Kier alpha value is -2.03. The highest BCUT2D eigenvalue weighted by Crippen LogP contribution is 2.27. The first kappa shape index (κ1) is 17.3. The molecule has 0 fully saturated rings. The molecule has 0 bridgehead atoms. The van der Waals surface area contributed by atoms with Gasteiger partial charge in [0, 0.05) is 18.0 Å². The standard InChI is InChI=1S/C20H28N2O/c1-3-5-6-7-8-11-16-23-20-13-10-9-12-18(20)19(4-2)22-15-14-21-17-22/h4,9-10,12-15,17H,3,5-8,11,16H2,1-2H3. The Bertz CT molecular complexity index is 587. The van der Waals surface area contributed by atoms with Gasteiger partial charge in [-0.3, -0.25) is 0 Å². The third-order valence-corrected chi connectivity index (χ3v) is 3.97. The summed E-state index contributed by atoms with van der Waals surface area (Å²) in [5.74, 6) is 0.947. The lowest BCUT2D eigenvalue weighted by molar-refractivity contribution is 0.303. The van der Waals surface area contributed by atoms with Crippen LogP contribution in [0.2, 0.25) is 0 Å². The predicted molar refractivity (Wildman–Crippen MR) is 96.6 cm³/mol. The summed E-state index contributed by atoms with van der Waals surface area (Å²) in [7, 11) is 0. The molecule has 124 valence electrons. The largest absolute Gasteiger partial charge is 0.493 e. The minimum Gasteiger partial charge on any atom is -0.493 e. The fourth-order valence-corrected chi connectivity index (χ4v) is 2.71. The molecule has 1 aromatic heterocycles. The van der Waals surface area contributed by atoms with Gasteiger partial charge in [0.1, 0.15) is 5.75 Å². The SMILES string of the molecule is CC=C(c1ccccc1OCCCCCCCC)n1ccnc1. The Morgan fingerprint density at radius 3 is 2.65 bits per heavy atom. The zero-order valence-electron chi connectivity index (χ0n) is 14.4. The van der Waals surface area contributed by atoms with Crippen LogP contribution in [0.3, 0.4) is 0 Å². The first-order valence-electron chi connectivity index (χ1n) is 8.73. The molecule has 0 saturated heterocycles. The normalized spacial score (nSPS) is 11.7. The summed E-state index contributed by atoms with van der Waals surface area (Å²) >= 11 is 0. The topological polar surface area (TPSA) is 27.1 Å². The van der Waals surface area contributed by atoms with Gasteiger partial charge in [-0.05, 0) is 25.5 Å². The van der Waals surface area contributed by atoms with E-state index in [2.05, 4.69) is 24.1 Å². The van der Waals surface area contributed by atoms with Crippen LogP contribution < -0.4 is 4.74 Å². The lowest BCUT2D eigenvalue weighted by Crippen LogP contribution is -2.03. The van der Waals surface area contributed by atoms with Gasteiger partial charge in [0.05, 0.1) is 18.6 Å². The van der Waals surface area contributed by atoms with Crippen molar-refractivity contribution in [1.29, 1.82) is 0 Å². The monoisotopic (exact) mass is 312 g/mol. The van der Waals surface area contributed by atoms with Gasteiger partial charge in [-0.1, -0.05) is 57.2 Å². The highest BCUT2D eigenvalue weighted by atomic mass is 16.5. The van der Waals surface area contributed by atoms with Crippen molar-refractivity contribution in [3.63, 3.8) is 0 Å². The van der Waals surface area contributed by atoms with Crippen molar-refractivity contribution in [2.75, 3.05) is 6.61 Å². The second-order valence-electron chi connectivity index (χ2n) is 5.76. The van der Waals surface area contributed by atoms with Gasteiger partial charge in [0.25, 0.3) is 0 Å². The summed E-state index contributed by atoms with van der Waals surface area (Å²) in [4.78, 5) is 4.14. The lowest BCUT2D eigenvalue weighted by atomic mass is 10.1. The molecule has 0 aliphatic rings. The molecule has 0 aliphatic heterocycles. The van der Waals surface area contributed by atoms with E-state index in [9.17, 15) is 0 Å². The number of aromatic nitrogens is 2. The molecular weight excluding hydrogens is 284 g/mol. The van der Waals surface area contributed by atoms with Crippen molar-refractivity contribution in [3.05, 3.63) is 54.6 Å². The number of benzene rings is 1. The predicted octanol–water partition coefficient (Wildman–Crippen LogP) is 5.53. The fraction of sp³-hybridized carbons (Fsp3) is 0.450. The van der Waals surface area contributed by atoms with Crippen molar-refractivity contribution >= 4 is 5.70 Å². The van der Waals surface area contributed by atoms with Crippen molar-refractivity contribution < 1.29 is 4.74 Å². The highest BCUT2D eigenvalue weighted by Gasteiger charge is 2.09. The maximum Gasteiger partial charge on any atom is 0.128 e. The van der Waals surface area contributed by atoms with Gasteiger partial charge in [-0.2, -0.15) is 0 Å². The molecule has 23 heavy (non-hydrogen) atoms. The molecule has 0 saturated carbocycles. The number of nitrogens with zero attached hydrogens (tertiary/aromatic N) is 2. The third kappa shape index (κ3) is 5.27. The smallest absolute Gasteiger partial charge is 0.128 e. The van der Waals surface area contributed by atoms with Gasteiger partial charge >= 0.3 is 0 Å². The van der Waals surface area contributed by atoms with E-state index in [4.69, 9.17) is 4.74 Å². The number of allylic oxidation sites excluding steroid dienone is 1. The van der Waals surface area contributed by atoms with Crippen LogP contribution in [0, 0.1) is 0 Å². The Labute approximate surface area is 140 Å². The van der Waals surface area contributed by atoms with Gasteiger partial charge < -0.3 is 9.30 Å². The quantitative estimate of drug-likeness (QED) is 0.539. The first-order valence-corrected chi connectivity index (χ1v) is 8.73. The summed E-state index contributed by atoms with van der Waals surface area (Å²) in [6, 6.07) is 8.23. The van der Waals surface area contributed by atoms with Crippen LogP contribution in [0.1, 0.15) is 57.9 Å². The summed E-state index contributed by atoms with van der Waals surface area (Å²) in [6.07, 6.45) is 15.3. The molecule has 1 heterocycles. The molecule has 0 aliphatic carbocycles. The molecule has 2 rings (SSSR count). The Morgan fingerprint density at radius 1 is 1.13 bits per heavy atom. The summed E-state index contributed by atoms with van der Waals surface area (Å²) in [6.45, 7) is 5.07. The number of unbranched alkanes of at least 4 members (excludes halogenated alkanes) is 5. The summed E-state index contributed by atoms with van der Waals surface area (Å²) in [5.41, 5.74) is 2.21. The number of rotatable bonds is 10. The number of hydrogen-bond donors (Lipinski definition) is 0. The lowest BCUT2D eigenvalue weighted by Gasteiger charge is -2.14. The van der Waals surface area contributed by atoms with E-state index >= 15 is 0 Å². The second kappa shape index (κ2) is 9.88. The average molecular weight is 312 g/mol. The molecule has 0 radical (unpaired) electrons. The minimum atomic E-state index is 0.782. The molecule has 3 heteroatoms. The van der Waals surface area contributed by atoms with Crippen LogP contribution >= 0.6 is 0 Å². The van der Waals surface area contributed by atoms with Crippen LogP contribution in [-0.2, 0) is 0 Å². The molecule has 0 N–H and O–H groups in total. The van der Waals surface area contributed by atoms with Crippen LogP contribution in [0.5, 0.6) is 5.75 Å². The molecule has 0 spiro atoms. The van der Waals surface area contributed by atoms with E-state index in [0.717, 1.165) is 30.0 Å². The van der Waals surface area contributed by atoms with Crippen molar-refractivity contribution in [2.24, 2.45) is 0 Å². The minimum absolute atomic E-state index is 0.782. The maximum absolute atomic E-state index is 6.05. The average Bonchev–Trinajstić information content (AvgIpc) is 3.10. The second-order valence-corrected chi connectivity index (χ2v) is 5.76. The maximum atomic E-state index is 6.05. The molecule has 3 nitrogen and oxygen atoms in total. The van der Waals surface area contributed by atoms with Crippen molar-refractivity contribution in [2.45, 2.75) is 52.4 Å². The third-order valence-electron chi connectivity index (χ3n) is 3.97. The number of para-hydroxylation sites is 1. The fourth-order valence-electron chi connectivity index (χ4n) is 2.71. The van der Waals surface area contributed by atoms with Crippen molar-refractivity contribution in [3.8, 4) is 5.75 Å². The molecule has 0 unspecified atom stereocenters. The zero-order valence-corrected chi connectivity index (χ0v) is 14.4. The van der Waals surface area contributed by atoms with E-state index in [1.165, 1.54) is 32.1 Å². The highest BCUT2D eigenvalue weighted by molar-refractivity contribution is 5.70. The van der Waals surface area contributed by atoms with Crippen LogP contribution in [0.15, 0.2) is 49.1 Å². The van der Waals surface area contributed by atoms with E-state index in [-0.39, 0.29) is 0 Å². The Balaban J connectivity index is 1.93. The molecule has 0 atom stereocenters. The molecule has 1 aromatic carbocycles. The van der Waals surface area contributed by atoms with Crippen LogP contribution in [-0.4, -0.2) is 16.2 Å². The van der Waals surface area contributed by atoms with E-state index in [1.807, 2.05) is 42.2 Å². The Morgan fingerprint density at radius 2 is 1.91 bits per heavy atom. The number of imidazole rings is 1. The van der Waals surface area contributed by atoms with Crippen LogP contribution in [0.25, 0.3) is 5.70 Å². The molecular formula is C20H28N2O. The summed E-state index contributed by atoms with van der Waals surface area (Å²) in [5, 5.41) is 0. The van der Waals surface area contributed by atoms with Gasteiger partial charge in [-0.25, -0.2) is 4.98 Å².